The van der Waals surface area contributed by atoms with Crippen molar-refractivity contribution < 1.29 is 16.8 Å². The van der Waals surface area contributed by atoms with Crippen LogP contribution in [0.2, 0.25) is 0 Å². The molecule has 0 unspecified atom stereocenters. The summed E-state index contributed by atoms with van der Waals surface area (Å²) in [6.07, 6.45) is 1.14. The van der Waals surface area contributed by atoms with E-state index in [0.717, 1.165) is 6.26 Å². The number of nitrogens with two attached hydrogens (primary N) is 1. The average molecular weight is 307 g/mol. The normalized spacial score (nSPS) is 12.3. The summed E-state index contributed by atoms with van der Waals surface area (Å²) in [5.74, 6) is -0.0104. The van der Waals surface area contributed by atoms with Gasteiger partial charge >= 0.3 is 0 Å². The molecule has 4 N–H and O–H groups in total. The number of benzene rings is 1. The quantitative estimate of drug-likeness (QED) is 0.617. The molecule has 0 amide bonds. The third kappa shape index (κ3) is 4.69. The minimum Gasteiger partial charge on any atom is -0.398 e. The molecule has 0 bridgehead atoms. The summed E-state index contributed by atoms with van der Waals surface area (Å²) in [6.45, 7) is 0.233. The molecule has 0 atom stereocenters. The summed E-state index contributed by atoms with van der Waals surface area (Å²) < 4.78 is 47.3. The van der Waals surface area contributed by atoms with Crippen molar-refractivity contribution in [1.82, 2.24) is 4.72 Å². The van der Waals surface area contributed by atoms with E-state index in [0.29, 0.717) is 5.69 Å². The van der Waals surface area contributed by atoms with E-state index in [2.05, 4.69) is 10.0 Å². The van der Waals surface area contributed by atoms with Gasteiger partial charge in [-0.1, -0.05) is 0 Å². The lowest BCUT2D eigenvalue weighted by Gasteiger charge is -2.10. The average Bonchev–Trinajstić information content (AvgIpc) is 2.27. The van der Waals surface area contributed by atoms with Gasteiger partial charge in [0.1, 0.15) is 14.7 Å². The Morgan fingerprint density at radius 2 is 1.84 bits per heavy atom. The SMILES string of the molecule is CNS(=O)(=O)c1ccc(NCCS(C)(=O)=O)cc1N. The van der Waals surface area contributed by atoms with Crippen molar-refractivity contribution in [2.24, 2.45) is 0 Å². The Hall–Kier alpha value is -1.32. The summed E-state index contributed by atoms with van der Waals surface area (Å²) >= 11 is 0. The number of sulfonamides is 1. The van der Waals surface area contributed by atoms with Crippen LogP contribution < -0.4 is 15.8 Å². The monoisotopic (exact) mass is 307 g/mol. The molecule has 0 spiro atoms. The van der Waals surface area contributed by atoms with E-state index in [9.17, 15) is 16.8 Å². The maximum Gasteiger partial charge on any atom is 0.242 e. The lowest BCUT2D eigenvalue weighted by atomic mass is 10.3. The number of anilines is 2. The molecule has 0 saturated carbocycles. The number of nitrogen functional groups attached to an aromatic ring is 1. The Balaban J connectivity index is 2.84. The Morgan fingerprint density at radius 3 is 2.32 bits per heavy atom. The standard InChI is InChI=1S/C10H17N3O4S2/c1-12-19(16,17)10-4-3-8(7-9(10)11)13-5-6-18(2,14)15/h3-4,7,12-13H,5-6,11H2,1-2H3. The summed E-state index contributed by atoms with van der Waals surface area (Å²) in [4.78, 5) is -0.0105. The molecule has 0 heterocycles. The minimum absolute atomic E-state index is 0.0104. The first-order valence-electron chi connectivity index (χ1n) is 5.40. The fourth-order valence-electron chi connectivity index (χ4n) is 1.39. The van der Waals surface area contributed by atoms with E-state index in [4.69, 9.17) is 5.73 Å². The van der Waals surface area contributed by atoms with E-state index >= 15 is 0 Å². The third-order valence-corrected chi connectivity index (χ3v) is 4.80. The van der Waals surface area contributed by atoms with Gasteiger partial charge in [-0.05, 0) is 25.2 Å². The Kier molecular flexibility index (Phi) is 4.77. The number of sulfone groups is 1. The molecule has 0 aliphatic rings. The zero-order valence-corrected chi connectivity index (χ0v) is 12.3. The van der Waals surface area contributed by atoms with Crippen molar-refractivity contribution >= 4 is 31.2 Å². The largest absolute Gasteiger partial charge is 0.398 e. The van der Waals surface area contributed by atoms with Crippen LogP contribution in [0, 0.1) is 0 Å². The van der Waals surface area contributed by atoms with Gasteiger partial charge in [0.05, 0.1) is 11.4 Å². The van der Waals surface area contributed by atoms with Crippen LogP contribution in [-0.2, 0) is 19.9 Å². The van der Waals surface area contributed by atoms with Crippen molar-refractivity contribution in [3.63, 3.8) is 0 Å². The molecule has 108 valence electrons. The highest BCUT2D eigenvalue weighted by Gasteiger charge is 2.15. The van der Waals surface area contributed by atoms with Crippen LogP contribution in [0.3, 0.4) is 0 Å². The maximum absolute atomic E-state index is 11.6. The zero-order chi connectivity index (χ0) is 14.7. The number of rotatable bonds is 6. The molecule has 7 nitrogen and oxygen atoms in total. The van der Waals surface area contributed by atoms with Crippen LogP contribution in [0.15, 0.2) is 23.1 Å². The van der Waals surface area contributed by atoms with Crippen molar-refractivity contribution in [3.05, 3.63) is 18.2 Å². The summed E-state index contributed by atoms with van der Waals surface area (Å²) in [7, 11) is -5.33. The zero-order valence-electron chi connectivity index (χ0n) is 10.7. The second kappa shape index (κ2) is 5.76. The molecule has 9 heteroatoms. The molecule has 1 rings (SSSR count). The van der Waals surface area contributed by atoms with Crippen LogP contribution in [0.5, 0.6) is 0 Å². The predicted molar refractivity (Wildman–Crippen MR) is 75.3 cm³/mol. The Labute approximate surface area is 113 Å². The minimum atomic E-state index is -3.59. The van der Waals surface area contributed by atoms with Crippen LogP contribution in [0.1, 0.15) is 0 Å². The fourth-order valence-corrected chi connectivity index (χ4v) is 2.70. The first kappa shape index (κ1) is 15.7. The topological polar surface area (TPSA) is 118 Å². The molecule has 1 aromatic rings. The Bertz CT molecular complexity index is 653. The first-order valence-corrected chi connectivity index (χ1v) is 8.95. The van der Waals surface area contributed by atoms with Gasteiger partial charge in [-0.3, -0.25) is 0 Å². The molecule has 19 heavy (non-hydrogen) atoms. The molecule has 0 aliphatic carbocycles. The number of hydrogen-bond acceptors (Lipinski definition) is 6. The van der Waals surface area contributed by atoms with E-state index < -0.39 is 19.9 Å². The summed E-state index contributed by atoms with van der Waals surface area (Å²) in [5.41, 5.74) is 6.33. The smallest absolute Gasteiger partial charge is 0.242 e. The van der Waals surface area contributed by atoms with Crippen LogP contribution in [-0.4, -0.2) is 42.4 Å². The second-order valence-electron chi connectivity index (χ2n) is 4.02. The maximum atomic E-state index is 11.6. The second-order valence-corrected chi connectivity index (χ2v) is 8.13. The van der Waals surface area contributed by atoms with Crippen molar-refractivity contribution in [2.45, 2.75) is 4.90 Å². The molecule has 0 fully saturated rings. The Morgan fingerprint density at radius 1 is 1.21 bits per heavy atom. The van der Waals surface area contributed by atoms with Crippen LogP contribution >= 0.6 is 0 Å². The van der Waals surface area contributed by atoms with Gasteiger partial charge in [-0.25, -0.2) is 21.6 Å². The third-order valence-electron chi connectivity index (χ3n) is 2.37. The van der Waals surface area contributed by atoms with Gasteiger partial charge in [0.15, 0.2) is 0 Å². The van der Waals surface area contributed by atoms with E-state index in [1.54, 1.807) is 0 Å². The molecule has 0 aliphatic heterocycles. The lowest BCUT2D eigenvalue weighted by molar-refractivity contribution is 0.588. The molecule has 0 aromatic heterocycles. The van der Waals surface area contributed by atoms with Gasteiger partial charge in [-0.2, -0.15) is 0 Å². The number of hydrogen-bond donors (Lipinski definition) is 3. The van der Waals surface area contributed by atoms with Gasteiger partial charge in [0.2, 0.25) is 10.0 Å². The van der Waals surface area contributed by atoms with Crippen molar-refractivity contribution in [3.8, 4) is 0 Å². The van der Waals surface area contributed by atoms with Gasteiger partial charge in [0.25, 0.3) is 0 Å². The molecular formula is C10H17N3O4S2. The first-order chi connectivity index (χ1) is 8.65. The van der Waals surface area contributed by atoms with Gasteiger partial charge < -0.3 is 11.1 Å². The van der Waals surface area contributed by atoms with Crippen LogP contribution in [0.25, 0.3) is 0 Å². The van der Waals surface area contributed by atoms with Gasteiger partial charge in [0, 0.05) is 18.5 Å². The van der Waals surface area contributed by atoms with E-state index in [-0.39, 0.29) is 22.9 Å². The molecule has 0 radical (unpaired) electrons. The summed E-state index contributed by atoms with van der Waals surface area (Å²) in [5, 5.41) is 2.86. The van der Waals surface area contributed by atoms with Gasteiger partial charge in [-0.15, -0.1) is 0 Å². The van der Waals surface area contributed by atoms with E-state index in [1.165, 1.54) is 25.2 Å². The highest BCUT2D eigenvalue weighted by Crippen LogP contribution is 2.21. The highest BCUT2D eigenvalue weighted by atomic mass is 32.2. The fraction of sp³-hybridized carbons (Fsp3) is 0.400. The van der Waals surface area contributed by atoms with Crippen molar-refractivity contribution in [2.75, 3.05) is 36.7 Å². The highest BCUT2D eigenvalue weighted by molar-refractivity contribution is 7.90. The van der Waals surface area contributed by atoms with Crippen molar-refractivity contribution in [1.29, 1.82) is 0 Å². The number of nitrogens with one attached hydrogen (secondary N) is 2. The predicted octanol–water partition coefficient (Wildman–Crippen LogP) is -0.367. The summed E-state index contributed by atoms with van der Waals surface area (Å²) in [6, 6.07) is 4.35. The molecule has 0 saturated heterocycles. The van der Waals surface area contributed by atoms with Crippen LogP contribution in [0.4, 0.5) is 11.4 Å². The van der Waals surface area contributed by atoms with E-state index in [1.807, 2.05) is 0 Å². The molecule has 1 aromatic carbocycles. The molecular weight excluding hydrogens is 290 g/mol. The lowest BCUT2D eigenvalue weighted by Crippen LogP contribution is -2.20.